The highest BCUT2D eigenvalue weighted by Gasteiger charge is 2.44. The Morgan fingerprint density at radius 3 is 2.67 bits per heavy atom. The van der Waals surface area contributed by atoms with Crippen molar-refractivity contribution in [1.82, 2.24) is 24.8 Å². The highest BCUT2D eigenvalue weighted by Crippen LogP contribution is 2.44. The molecule has 10 nitrogen and oxygen atoms in total. The van der Waals surface area contributed by atoms with Gasteiger partial charge < -0.3 is 19.6 Å². The SMILES string of the molecule is Cn1nnc2cc(COc3ccc(Cl)c4c3[C@@H](CN3Cc5ccccc5C3=O)N(C(=O)[C@@H]3CCCC[C@@H]3C(=O)O)CC4)ccc21. The molecule has 3 heterocycles. The summed E-state index contributed by atoms with van der Waals surface area (Å²) in [5, 5.41) is 18.9. The third-order valence-corrected chi connectivity index (χ3v) is 9.97. The Morgan fingerprint density at radius 2 is 1.87 bits per heavy atom. The first-order valence-electron chi connectivity index (χ1n) is 15.4. The fourth-order valence-electron chi connectivity index (χ4n) is 7.30. The van der Waals surface area contributed by atoms with Crippen LogP contribution in [0.1, 0.15) is 64.3 Å². The monoisotopic (exact) mass is 627 g/mol. The van der Waals surface area contributed by atoms with Crippen LogP contribution in [0.3, 0.4) is 0 Å². The molecular formula is C34H34ClN5O5. The lowest BCUT2D eigenvalue weighted by Crippen LogP contribution is -2.50. The van der Waals surface area contributed by atoms with Gasteiger partial charge in [-0.05, 0) is 66.3 Å². The quantitative estimate of drug-likeness (QED) is 0.300. The Bertz CT molecular complexity index is 1820. The minimum atomic E-state index is -0.931. The van der Waals surface area contributed by atoms with Crippen molar-refractivity contribution in [2.75, 3.05) is 13.1 Å². The van der Waals surface area contributed by atoms with Crippen LogP contribution in [-0.2, 0) is 36.2 Å². The van der Waals surface area contributed by atoms with Crippen LogP contribution >= 0.6 is 11.6 Å². The number of carbonyl (C=O) groups is 3. The summed E-state index contributed by atoms with van der Waals surface area (Å²) in [5.74, 6) is -1.96. The standard InChI is InChI=1S/C34H34ClN5O5/c1-38-28-12-10-20(16-27(28)36-37-38)19-45-30-13-11-26(35)25-14-15-40(33(42)23-8-4-5-9-24(23)34(43)44)29(31(25)30)18-39-17-21-6-2-3-7-22(21)32(39)41/h2-3,6-7,10-13,16,23-24,29H,4-5,8-9,14-15,17-19H2,1H3,(H,43,44)/t23-,24+,29-/m1/s1. The molecule has 1 aliphatic carbocycles. The van der Waals surface area contributed by atoms with Crippen LogP contribution in [0, 0.1) is 11.8 Å². The van der Waals surface area contributed by atoms with E-state index in [0.717, 1.165) is 46.1 Å². The summed E-state index contributed by atoms with van der Waals surface area (Å²) in [6, 6.07) is 16.5. The number of ether oxygens (including phenoxy) is 1. The highest BCUT2D eigenvalue weighted by molar-refractivity contribution is 6.31. The molecule has 3 aromatic carbocycles. The van der Waals surface area contributed by atoms with Crippen molar-refractivity contribution in [3.63, 3.8) is 0 Å². The van der Waals surface area contributed by atoms with Gasteiger partial charge in [0.1, 0.15) is 17.9 Å². The van der Waals surface area contributed by atoms with Crippen LogP contribution in [0.5, 0.6) is 5.75 Å². The summed E-state index contributed by atoms with van der Waals surface area (Å²) in [6.07, 6.45) is 3.12. The number of aliphatic carboxylic acids is 1. The van der Waals surface area contributed by atoms with E-state index < -0.39 is 23.8 Å². The molecule has 0 unspecified atom stereocenters. The second-order valence-corrected chi connectivity index (χ2v) is 12.6. The Morgan fingerprint density at radius 1 is 1.07 bits per heavy atom. The van der Waals surface area contributed by atoms with E-state index in [2.05, 4.69) is 10.3 Å². The molecule has 0 spiro atoms. The van der Waals surface area contributed by atoms with Gasteiger partial charge in [-0.1, -0.05) is 53.9 Å². The maximum absolute atomic E-state index is 14.3. The van der Waals surface area contributed by atoms with Gasteiger partial charge in [0.25, 0.3) is 5.91 Å². The van der Waals surface area contributed by atoms with Crippen LogP contribution in [0.15, 0.2) is 54.6 Å². The normalized spacial score (nSPS) is 21.1. The summed E-state index contributed by atoms with van der Waals surface area (Å²) in [6.45, 7) is 1.29. The summed E-state index contributed by atoms with van der Waals surface area (Å²) >= 11 is 6.79. The fourth-order valence-corrected chi connectivity index (χ4v) is 7.56. The number of aromatic nitrogens is 3. The highest BCUT2D eigenvalue weighted by atomic mass is 35.5. The summed E-state index contributed by atoms with van der Waals surface area (Å²) in [4.78, 5) is 43.7. The van der Waals surface area contributed by atoms with Gasteiger partial charge in [0.2, 0.25) is 5.91 Å². The number of fused-ring (bicyclic) bond motifs is 3. The Balaban J connectivity index is 1.25. The van der Waals surface area contributed by atoms with Crippen molar-refractivity contribution < 1.29 is 24.2 Å². The molecule has 1 saturated carbocycles. The third kappa shape index (κ3) is 5.31. The van der Waals surface area contributed by atoms with Crippen LogP contribution in [0.2, 0.25) is 5.02 Å². The van der Waals surface area contributed by atoms with Crippen molar-refractivity contribution in [3.05, 3.63) is 87.4 Å². The van der Waals surface area contributed by atoms with E-state index in [1.165, 1.54) is 0 Å². The van der Waals surface area contributed by atoms with Gasteiger partial charge in [0.05, 0.1) is 23.4 Å². The van der Waals surface area contributed by atoms with E-state index in [1.54, 1.807) is 14.5 Å². The van der Waals surface area contributed by atoms with Crippen molar-refractivity contribution in [3.8, 4) is 5.75 Å². The molecule has 4 aromatic rings. The maximum Gasteiger partial charge on any atom is 0.307 e. The van der Waals surface area contributed by atoms with Crippen molar-refractivity contribution in [1.29, 1.82) is 0 Å². The lowest BCUT2D eigenvalue weighted by molar-refractivity contribution is -0.153. The number of benzene rings is 3. The van der Waals surface area contributed by atoms with Crippen LogP contribution in [0.25, 0.3) is 11.0 Å². The second kappa shape index (κ2) is 11.8. The Hall–Kier alpha value is -4.44. The zero-order chi connectivity index (χ0) is 31.2. The number of carboxylic acids is 1. The van der Waals surface area contributed by atoms with Gasteiger partial charge >= 0.3 is 5.97 Å². The zero-order valence-corrected chi connectivity index (χ0v) is 25.7. The number of halogens is 1. The molecule has 232 valence electrons. The number of aryl methyl sites for hydroxylation is 1. The molecule has 3 atom stereocenters. The van der Waals surface area contributed by atoms with Gasteiger partial charge in [0.15, 0.2) is 0 Å². The molecule has 1 N–H and O–H groups in total. The topological polar surface area (TPSA) is 118 Å². The predicted molar refractivity (Wildman–Crippen MR) is 167 cm³/mol. The number of nitrogens with zero attached hydrogens (tertiary/aromatic N) is 5. The minimum absolute atomic E-state index is 0.0898. The van der Waals surface area contributed by atoms with Crippen molar-refractivity contribution in [2.45, 2.75) is 51.3 Å². The first kappa shape index (κ1) is 29.3. The van der Waals surface area contributed by atoms with E-state index in [9.17, 15) is 19.5 Å². The van der Waals surface area contributed by atoms with Gasteiger partial charge in [0, 0.05) is 42.8 Å². The summed E-state index contributed by atoms with van der Waals surface area (Å²) < 4.78 is 8.18. The third-order valence-electron chi connectivity index (χ3n) is 9.61. The fraction of sp³-hybridized carbons (Fsp3) is 0.382. The first-order valence-corrected chi connectivity index (χ1v) is 15.8. The molecule has 2 aliphatic heterocycles. The molecular weight excluding hydrogens is 594 g/mol. The van der Waals surface area contributed by atoms with Gasteiger partial charge in [-0.2, -0.15) is 0 Å². The number of carbonyl (C=O) groups excluding carboxylic acids is 2. The van der Waals surface area contributed by atoms with Crippen molar-refractivity contribution >= 4 is 40.4 Å². The van der Waals surface area contributed by atoms with Gasteiger partial charge in [-0.15, -0.1) is 5.10 Å². The maximum atomic E-state index is 14.3. The van der Waals surface area contributed by atoms with Crippen LogP contribution < -0.4 is 4.74 Å². The number of hydrogen-bond acceptors (Lipinski definition) is 6. The van der Waals surface area contributed by atoms with E-state index >= 15 is 0 Å². The zero-order valence-electron chi connectivity index (χ0n) is 25.0. The van der Waals surface area contributed by atoms with E-state index in [4.69, 9.17) is 16.3 Å². The van der Waals surface area contributed by atoms with E-state index in [-0.39, 0.29) is 25.0 Å². The molecule has 45 heavy (non-hydrogen) atoms. The average molecular weight is 628 g/mol. The average Bonchev–Trinajstić information content (AvgIpc) is 3.58. The van der Waals surface area contributed by atoms with E-state index in [0.29, 0.717) is 48.7 Å². The minimum Gasteiger partial charge on any atom is -0.489 e. The molecule has 1 fully saturated rings. The molecule has 7 rings (SSSR count). The molecule has 0 radical (unpaired) electrons. The molecule has 2 amide bonds. The molecule has 11 heteroatoms. The molecule has 3 aliphatic rings. The number of rotatable bonds is 7. The van der Waals surface area contributed by atoms with E-state index in [1.807, 2.05) is 61.6 Å². The lowest BCUT2D eigenvalue weighted by atomic mass is 9.77. The summed E-state index contributed by atoms with van der Waals surface area (Å²) in [5.41, 5.74) is 5.84. The lowest BCUT2D eigenvalue weighted by Gasteiger charge is -2.43. The number of carboxylic acid groups (broad SMARTS) is 1. The second-order valence-electron chi connectivity index (χ2n) is 12.2. The number of hydrogen-bond donors (Lipinski definition) is 1. The first-order chi connectivity index (χ1) is 21.8. The molecule has 0 saturated heterocycles. The molecule has 1 aromatic heterocycles. The number of amides is 2. The Kier molecular flexibility index (Phi) is 7.69. The van der Waals surface area contributed by atoms with Gasteiger partial charge in [-0.3, -0.25) is 14.4 Å². The van der Waals surface area contributed by atoms with Gasteiger partial charge in [-0.25, -0.2) is 4.68 Å². The molecule has 0 bridgehead atoms. The van der Waals surface area contributed by atoms with Crippen LogP contribution in [0.4, 0.5) is 0 Å². The van der Waals surface area contributed by atoms with Crippen molar-refractivity contribution in [2.24, 2.45) is 18.9 Å². The van der Waals surface area contributed by atoms with Crippen LogP contribution in [-0.4, -0.2) is 60.8 Å². The predicted octanol–water partition coefficient (Wildman–Crippen LogP) is 5.17. The summed E-state index contributed by atoms with van der Waals surface area (Å²) in [7, 11) is 1.84. The Labute approximate surface area is 265 Å². The largest absolute Gasteiger partial charge is 0.489 e. The smallest absolute Gasteiger partial charge is 0.307 e.